The van der Waals surface area contributed by atoms with E-state index in [-0.39, 0.29) is 5.54 Å². The molecule has 1 unspecified atom stereocenters. The lowest BCUT2D eigenvalue weighted by Crippen LogP contribution is -2.51. The maximum Gasteiger partial charge on any atom is 0.225 e. The van der Waals surface area contributed by atoms with Gasteiger partial charge in [0.2, 0.25) is 5.95 Å². The highest BCUT2D eigenvalue weighted by Gasteiger charge is 2.22. The van der Waals surface area contributed by atoms with Crippen molar-refractivity contribution in [3.8, 4) is 0 Å². The minimum Gasteiger partial charge on any atom is -0.338 e. The standard InChI is InChI=1S/C16H29N5/c1-14(6-9-19-16(2,3)4)20-10-12-21(13-11-20)15-17-7-5-8-18-15/h5,7-8,14,19H,6,9-13H2,1-4H3. The van der Waals surface area contributed by atoms with Gasteiger partial charge in [-0.15, -0.1) is 0 Å². The lowest BCUT2D eigenvalue weighted by molar-refractivity contribution is 0.184. The molecule has 5 heteroatoms. The van der Waals surface area contributed by atoms with Gasteiger partial charge in [-0.25, -0.2) is 9.97 Å². The summed E-state index contributed by atoms with van der Waals surface area (Å²) in [5.74, 6) is 0.860. The van der Waals surface area contributed by atoms with Crippen LogP contribution in [-0.4, -0.2) is 59.2 Å². The maximum atomic E-state index is 4.34. The molecule has 21 heavy (non-hydrogen) atoms. The number of aromatic nitrogens is 2. The van der Waals surface area contributed by atoms with Crippen LogP contribution in [0.1, 0.15) is 34.1 Å². The van der Waals surface area contributed by atoms with Crippen LogP contribution in [0, 0.1) is 0 Å². The number of rotatable bonds is 5. The number of anilines is 1. The summed E-state index contributed by atoms with van der Waals surface area (Å²) in [5.41, 5.74) is 0.211. The molecule has 118 valence electrons. The van der Waals surface area contributed by atoms with Crippen molar-refractivity contribution in [3.05, 3.63) is 18.5 Å². The Bertz CT molecular complexity index is 406. The molecule has 0 aliphatic carbocycles. The molecule has 0 saturated carbocycles. The van der Waals surface area contributed by atoms with Gasteiger partial charge in [-0.05, 0) is 46.7 Å². The highest BCUT2D eigenvalue weighted by atomic mass is 15.3. The van der Waals surface area contributed by atoms with Crippen molar-refractivity contribution < 1.29 is 0 Å². The maximum absolute atomic E-state index is 4.34. The summed E-state index contributed by atoms with van der Waals surface area (Å²) in [7, 11) is 0. The fourth-order valence-electron chi connectivity index (χ4n) is 2.66. The van der Waals surface area contributed by atoms with E-state index in [1.807, 2.05) is 18.5 Å². The molecule has 5 nitrogen and oxygen atoms in total. The van der Waals surface area contributed by atoms with Gasteiger partial charge in [0.15, 0.2) is 0 Å². The van der Waals surface area contributed by atoms with Crippen molar-refractivity contribution in [1.82, 2.24) is 20.2 Å². The molecule has 2 heterocycles. The SMILES string of the molecule is CC(CCNC(C)(C)C)N1CCN(c2ncccn2)CC1. The number of piperazine rings is 1. The first-order valence-electron chi connectivity index (χ1n) is 7.97. The summed E-state index contributed by atoms with van der Waals surface area (Å²) in [6.45, 7) is 14.3. The lowest BCUT2D eigenvalue weighted by Gasteiger charge is -2.38. The van der Waals surface area contributed by atoms with Gasteiger partial charge in [0.25, 0.3) is 0 Å². The molecule has 2 rings (SSSR count). The lowest BCUT2D eigenvalue weighted by atomic mass is 10.1. The smallest absolute Gasteiger partial charge is 0.225 e. The van der Waals surface area contributed by atoms with Crippen LogP contribution in [0.2, 0.25) is 0 Å². The molecular weight excluding hydrogens is 262 g/mol. The molecule has 1 aromatic rings. The average molecular weight is 291 g/mol. The zero-order chi connectivity index (χ0) is 15.3. The zero-order valence-electron chi connectivity index (χ0n) is 13.8. The first kappa shape index (κ1) is 16.2. The van der Waals surface area contributed by atoms with Crippen LogP contribution in [0.25, 0.3) is 0 Å². The van der Waals surface area contributed by atoms with Gasteiger partial charge in [0, 0.05) is 50.2 Å². The number of nitrogens with one attached hydrogen (secondary N) is 1. The summed E-state index contributed by atoms with van der Waals surface area (Å²) in [4.78, 5) is 13.5. The Morgan fingerprint density at radius 3 is 2.33 bits per heavy atom. The first-order chi connectivity index (χ1) is 9.96. The van der Waals surface area contributed by atoms with Gasteiger partial charge in [-0.1, -0.05) is 0 Å². The minimum absolute atomic E-state index is 0.211. The van der Waals surface area contributed by atoms with Crippen LogP contribution in [0.4, 0.5) is 5.95 Å². The third-order valence-electron chi connectivity index (χ3n) is 3.99. The quantitative estimate of drug-likeness (QED) is 0.895. The zero-order valence-corrected chi connectivity index (χ0v) is 13.8. The molecule has 0 aromatic carbocycles. The van der Waals surface area contributed by atoms with Crippen LogP contribution < -0.4 is 10.2 Å². The van der Waals surface area contributed by atoms with Crippen molar-refractivity contribution in [2.45, 2.75) is 45.7 Å². The predicted octanol–water partition coefficient (Wildman–Crippen LogP) is 1.77. The Balaban J connectivity index is 1.73. The van der Waals surface area contributed by atoms with E-state index in [0.29, 0.717) is 6.04 Å². The third-order valence-corrected chi connectivity index (χ3v) is 3.99. The van der Waals surface area contributed by atoms with E-state index >= 15 is 0 Å². The van der Waals surface area contributed by atoms with Gasteiger partial charge in [-0.3, -0.25) is 4.90 Å². The van der Waals surface area contributed by atoms with E-state index in [9.17, 15) is 0 Å². The second-order valence-electron chi connectivity index (χ2n) is 6.89. The topological polar surface area (TPSA) is 44.3 Å². The monoisotopic (exact) mass is 291 g/mol. The van der Waals surface area contributed by atoms with Crippen molar-refractivity contribution in [1.29, 1.82) is 0 Å². The molecule has 1 saturated heterocycles. The van der Waals surface area contributed by atoms with Gasteiger partial charge >= 0.3 is 0 Å². The largest absolute Gasteiger partial charge is 0.338 e. The molecule has 1 aliphatic rings. The number of nitrogens with zero attached hydrogens (tertiary/aromatic N) is 4. The van der Waals surface area contributed by atoms with E-state index in [2.05, 4.69) is 52.8 Å². The van der Waals surface area contributed by atoms with Crippen LogP contribution in [0.15, 0.2) is 18.5 Å². The van der Waals surface area contributed by atoms with Crippen molar-refractivity contribution in [2.24, 2.45) is 0 Å². The van der Waals surface area contributed by atoms with Crippen LogP contribution in [-0.2, 0) is 0 Å². The summed E-state index contributed by atoms with van der Waals surface area (Å²) in [6.07, 6.45) is 4.82. The normalized spacial score (nSPS) is 18.8. The summed E-state index contributed by atoms with van der Waals surface area (Å²) in [5, 5.41) is 3.57. The molecule has 1 N–H and O–H groups in total. The van der Waals surface area contributed by atoms with Crippen molar-refractivity contribution >= 4 is 5.95 Å². The second-order valence-corrected chi connectivity index (χ2v) is 6.89. The summed E-state index contributed by atoms with van der Waals surface area (Å²) >= 11 is 0. The molecule has 1 fully saturated rings. The van der Waals surface area contributed by atoms with Gasteiger partial charge in [0.1, 0.15) is 0 Å². The minimum atomic E-state index is 0.211. The fraction of sp³-hybridized carbons (Fsp3) is 0.750. The van der Waals surface area contributed by atoms with Crippen LogP contribution >= 0.6 is 0 Å². The molecular formula is C16H29N5. The van der Waals surface area contributed by atoms with Gasteiger partial charge < -0.3 is 10.2 Å². The van der Waals surface area contributed by atoms with Crippen LogP contribution in [0.5, 0.6) is 0 Å². The highest BCUT2D eigenvalue weighted by molar-refractivity contribution is 5.29. The number of hydrogen-bond acceptors (Lipinski definition) is 5. The number of hydrogen-bond donors (Lipinski definition) is 1. The van der Waals surface area contributed by atoms with Crippen LogP contribution in [0.3, 0.4) is 0 Å². The third kappa shape index (κ3) is 5.25. The first-order valence-corrected chi connectivity index (χ1v) is 7.97. The summed E-state index contributed by atoms with van der Waals surface area (Å²) in [6, 6.07) is 2.49. The molecule has 0 radical (unpaired) electrons. The molecule has 0 spiro atoms. The van der Waals surface area contributed by atoms with E-state index < -0.39 is 0 Å². The van der Waals surface area contributed by atoms with Gasteiger partial charge in [0.05, 0.1) is 0 Å². The average Bonchev–Trinajstić information content (AvgIpc) is 2.47. The summed E-state index contributed by atoms with van der Waals surface area (Å²) < 4.78 is 0. The molecule has 1 aliphatic heterocycles. The van der Waals surface area contributed by atoms with Crippen molar-refractivity contribution in [3.63, 3.8) is 0 Å². The predicted molar refractivity (Wildman–Crippen MR) is 87.7 cm³/mol. The molecule has 0 bridgehead atoms. The van der Waals surface area contributed by atoms with E-state index in [1.165, 1.54) is 6.42 Å². The second kappa shape index (κ2) is 7.18. The fourth-order valence-corrected chi connectivity index (χ4v) is 2.66. The van der Waals surface area contributed by atoms with E-state index in [1.54, 1.807) is 0 Å². The van der Waals surface area contributed by atoms with Crippen molar-refractivity contribution in [2.75, 3.05) is 37.6 Å². The Morgan fingerprint density at radius 1 is 1.14 bits per heavy atom. The van der Waals surface area contributed by atoms with Gasteiger partial charge in [-0.2, -0.15) is 0 Å². The Morgan fingerprint density at radius 2 is 1.76 bits per heavy atom. The van der Waals surface area contributed by atoms with E-state index in [0.717, 1.165) is 38.7 Å². The molecule has 1 aromatic heterocycles. The molecule has 0 amide bonds. The Kier molecular flexibility index (Phi) is 5.53. The Labute approximate surface area is 128 Å². The Hall–Kier alpha value is -1.20. The molecule has 1 atom stereocenters. The highest BCUT2D eigenvalue weighted by Crippen LogP contribution is 2.13. The van der Waals surface area contributed by atoms with E-state index in [4.69, 9.17) is 0 Å².